The molecule has 0 amide bonds. The van der Waals surface area contributed by atoms with Gasteiger partial charge in [0.05, 0.1) is 31.1 Å². The summed E-state index contributed by atoms with van der Waals surface area (Å²) in [6.07, 6.45) is 1.98. The lowest BCUT2D eigenvalue weighted by molar-refractivity contribution is 0.357. The zero-order chi connectivity index (χ0) is 16.3. The summed E-state index contributed by atoms with van der Waals surface area (Å²) in [6.45, 7) is 0.901. The predicted octanol–water partition coefficient (Wildman–Crippen LogP) is 4.21. The van der Waals surface area contributed by atoms with Crippen LogP contribution in [-0.2, 0) is 12.8 Å². The summed E-state index contributed by atoms with van der Waals surface area (Å²) in [4.78, 5) is 5.01. The number of rotatable bonds is 2. The number of aromatic nitrogens is 1. The molecule has 1 aliphatic heterocycles. The Bertz CT molecular complexity index is 1000. The molecular weight excluding hydrogens is 336 g/mol. The summed E-state index contributed by atoms with van der Waals surface area (Å²) in [7, 11) is 3.36. The molecule has 0 unspecified atom stereocenters. The quantitative estimate of drug-likeness (QED) is 0.585. The van der Waals surface area contributed by atoms with Crippen molar-refractivity contribution < 1.29 is 9.47 Å². The molecule has 0 spiro atoms. The maximum absolute atomic E-state index is 5.62. The number of benzene rings is 2. The lowest BCUT2D eigenvalue weighted by atomic mass is 9.93. The van der Waals surface area contributed by atoms with Crippen molar-refractivity contribution in [1.82, 2.24) is 4.98 Å². The minimum absolute atomic E-state index is 0. The van der Waals surface area contributed by atoms with Crippen molar-refractivity contribution >= 4 is 29.0 Å². The molecule has 2 aliphatic rings. The Labute approximate surface area is 152 Å². The average molecular weight is 355 g/mol. The Morgan fingerprint density at radius 2 is 1.92 bits per heavy atom. The van der Waals surface area contributed by atoms with Crippen LogP contribution in [-0.4, -0.2) is 25.7 Å². The van der Waals surface area contributed by atoms with Gasteiger partial charge in [0.1, 0.15) is 0 Å². The first-order valence-electron chi connectivity index (χ1n) is 8.24. The van der Waals surface area contributed by atoms with Crippen LogP contribution in [0.2, 0.25) is 0 Å². The highest BCUT2D eigenvalue weighted by Gasteiger charge is 2.29. The second-order valence-corrected chi connectivity index (χ2v) is 6.31. The summed E-state index contributed by atoms with van der Waals surface area (Å²) in [5.41, 5.74) is 8.53. The number of ether oxygens (including phenoxy) is 2. The number of pyridine rings is 1. The number of hydrogen-bond acceptors (Lipinski definition) is 4. The Kier molecular flexibility index (Phi) is 3.73. The Hall–Kier alpha value is -2.46. The van der Waals surface area contributed by atoms with Gasteiger partial charge in [0, 0.05) is 30.0 Å². The zero-order valence-corrected chi connectivity index (χ0v) is 15.0. The highest BCUT2D eigenvalue weighted by molar-refractivity contribution is 6.03. The lowest BCUT2D eigenvalue weighted by Gasteiger charge is -2.24. The van der Waals surface area contributed by atoms with Gasteiger partial charge in [-0.3, -0.25) is 0 Å². The summed E-state index contributed by atoms with van der Waals surface area (Å²) in [5.74, 6) is 1.49. The highest BCUT2D eigenvalue weighted by Crippen LogP contribution is 2.48. The molecule has 0 atom stereocenters. The molecule has 2 heterocycles. The van der Waals surface area contributed by atoms with Crippen LogP contribution in [0.25, 0.3) is 22.2 Å². The normalized spacial score (nSPS) is 13.5. The second kappa shape index (κ2) is 5.81. The molecule has 1 aromatic heterocycles. The van der Waals surface area contributed by atoms with E-state index in [4.69, 9.17) is 14.5 Å². The topological polar surface area (TPSA) is 43.4 Å². The van der Waals surface area contributed by atoms with Gasteiger partial charge in [-0.05, 0) is 23.1 Å². The highest BCUT2D eigenvalue weighted by atomic mass is 35.5. The van der Waals surface area contributed by atoms with Gasteiger partial charge in [-0.1, -0.05) is 24.3 Å². The molecule has 3 aromatic rings. The molecule has 0 bridgehead atoms. The van der Waals surface area contributed by atoms with Crippen molar-refractivity contribution in [2.24, 2.45) is 0 Å². The third-order valence-electron chi connectivity index (χ3n) is 5.15. The van der Waals surface area contributed by atoms with E-state index in [0.29, 0.717) is 0 Å². The van der Waals surface area contributed by atoms with Crippen molar-refractivity contribution in [3.05, 3.63) is 47.0 Å². The van der Waals surface area contributed by atoms with Crippen LogP contribution in [0.4, 0.5) is 5.69 Å². The lowest BCUT2D eigenvalue weighted by Crippen LogP contribution is -2.15. The molecule has 0 saturated heterocycles. The average Bonchev–Trinajstić information content (AvgIpc) is 3.00. The SMILES string of the molecule is COc1cc2nc3c(c4c2c(c1OC)NCC4)Cc1ccccc1-3.Cl. The predicted molar refractivity (Wildman–Crippen MR) is 103 cm³/mol. The molecule has 0 radical (unpaired) electrons. The van der Waals surface area contributed by atoms with E-state index in [0.717, 1.165) is 47.8 Å². The third-order valence-corrected chi connectivity index (χ3v) is 5.15. The number of anilines is 1. The summed E-state index contributed by atoms with van der Waals surface area (Å²) >= 11 is 0. The van der Waals surface area contributed by atoms with Gasteiger partial charge in [0.25, 0.3) is 0 Å². The van der Waals surface area contributed by atoms with Gasteiger partial charge >= 0.3 is 0 Å². The molecule has 5 rings (SSSR count). The summed E-state index contributed by atoms with van der Waals surface area (Å²) in [5, 5.41) is 4.67. The van der Waals surface area contributed by atoms with E-state index in [1.54, 1.807) is 14.2 Å². The Morgan fingerprint density at radius 1 is 1.08 bits per heavy atom. The number of nitrogens with zero attached hydrogens (tertiary/aromatic N) is 1. The largest absolute Gasteiger partial charge is 0.493 e. The minimum atomic E-state index is 0. The Balaban J connectivity index is 0.00000157. The third kappa shape index (κ3) is 2.10. The van der Waals surface area contributed by atoms with E-state index < -0.39 is 0 Å². The molecule has 4 nitrogen and oxygen atoms in total. The monoisotopic (exact) mass is 354 g/mol. The van der Waals surface area contributed by atoms with Crippen molar-refractivity contribution in [1.29, 1.82) is 0 Å². The van der Waals surface area contributed by atoms with E-state index in [2.05, 4.69) is 29.6 Å². The molecule has 0 saturated carbocycles. The fourth-order valence-corrected chi connectivity index (χ4v) is 4.12. The number of methoxy groups -OCH3 is 2. The van der Waals surface area contributed by atoms with Gasteiger partial charge < -0.3 is 14.8 Å². The number of hydrogen-bond donors (Lipinski definition) is 1. The number of halogens is 1. The number of fused-ring (bicyclic) bond motifs is 4. The zero-order valence-electron chi connectivity index (χ0n) is 14.2. The maximum atomic E-state index is 5.62. The van der Waals surface area contributed by atoms with Gasteiger partial charge in [0.15, 0.2) is 11.5 Å². The van der Waals surface area contributed by atoms with Crippen LogP contribution in [0.3, 0.4) is 0 Å². The van der Waals surface area contributed by atoms with Gasteiger partial charge in [-0.25, -0.2) is 4.98 Å². The summed E-state index contributed by atoms with van der Waals surface area (Å²) in [6, 6.07) is 10.6. The molecule has 1 aliphatic carbocycles. The van der Waals surface area contributed by atoms with Gasteiger partial charge in [-0.15, -0.1) is 12.4 Å². The van der Waals surface area contributed by atoms with Crippen LogP contribution < -0.4 is 14.8 Å². The van der Waals surface area contributed by atoms with E-state index in [-0.39, 0.29) is 12.4 Å². The molecule has 1 N–H and O–H groups in total. The van der Waals surface area contributed by atoms with Crippen LogP contribution in [0.5, 0.6) is 11.5 Å². The van der Waals surface area contributed by atoms with Crippen molar-refractivity contribution in [2.75, 3.05) is 26.1 Å². The molecule has 0 fully saturated rings. The number of nitrogens with one attached hydrogen (secondary N) is 1. The van der Waals surface area contributed by atoms with Crippen molar-refractivity contribution in [3.63, 3.8) is 0 Å². The first-order valence-corrected chi connectivity index (χ1v) is 8.24. The van der Waals surface area contributed by atoms with E-state index in [1.165, 1.54) is 27.6 Å². The van der Waals surface area contributed by atoms with E-state index in [1.807, 2.05) is 6.07 Å². The van der Waals surface area contributed by atoms with Gasteiger partial charge in [-0.2, -0.15) is 0 Å². The second-order valence-electron chi connectivity index (χ2n) is 6.31. The van der Waals surface area contributed by atoms with Gasteiger partial charge in [0.2, 0.25) is 0 Å². The standard InChI is InChI=1S/C20H18N2O2.ClH/c1-23-16-10-15-17-13(7-8-21-19(17)20(16)24-2)14-9-11-5-3-4-6-12(11)18(14)22-15;/h3-6,10,21H,7-9H2,1-2H3;1H. The maximum Gasteiger partial charge on any atom is 0.184 e. The fourth-order valence-electron chi connectivity index (χ4n) is 4.12. The smallest absolute Gasteiger partial charge is 0.184 e. The summed E-state index contributed by atoms with van der Waals surface area (Å²) < 4.78 is 11.2. The van der Waals surface area contributed by atoms with Crippen molar-refractivity contribution in [2.45, 2.75) is 12.8 Å². The van der Waals surface area contributed by atoms with Crippen LogP contribution in [0.15, 0.2) is 30.3 Å². The fraction of sp³-hybridized carbons (Fsp3) is 0.250. The van der Waals surface area contributed by atoms with Crippen LogP contribution in [0.1, 0.15) is 16.7 Å². The van der Waals surface area contributed by atoms with E-state index >= 15 is 0 Å². The molecule has 5 heteroatoms. The minimum Gasteiger partial charge on any atom is -0.493 e. The van der Waals surface area contributed by atoms with Crippen LogP contribution >= 0.6 is 12.4 Å². The molecule has 2 aromatic carbocycles. The molecular formula is C20H19ClN2O2. The van der Waals surface area contributed by atoms with E-state index in [9.17, 15) is 0 Å². The molecule has 128 valence electrons. The first-order chi connectivity index (χ1) is 11.8. The van der Waals surface area contributed by atoms with Crippen LogP contribution in [0, 0.1) is 0 Å². The molecule has 25 heavy (non-hydrogen) atoms. The Morgan fingerprint density at radius 3 is 2.72 bits per heavy atom. The first kappa shape index (κ1) is 16.0. The van der Waals surface area contributed by atoms with Crippen molar-refractivity contribution in [3.8, 4) is 22.8 Å².